The van der Waals surface area contributed by atoms with Gasteiger partial charge in [-0.1, -0.05) is 11.8 Å². The van der Waals surface area contributed by atoms with E-state index in [1.807, 2.05) is 0 Å². The Kier molecular flexibility index (Phi) is 5.66. The molecule has 0 aromatic heterocycles. The Labute approximate surface area is 175 Å². The van der Waals surface area contributed by atoms with Crippen molar-refractivity contribution in [3.05, 3.63) is 34.9 Å². The highest BCUT2D eigenvalue weighted by Crippen LogP contribution is 2.30. The lowest BCUT2D eigenvalue weighted by molar-refractivity contribution is -0.131. The molecule has 1 unspecified atom stereocenters. The number of amides is 2. The summed E-state index contributed by atoms with van der Waals surface area (Å²) in [7, 11) is -3.83. The summed E-state index contributed by atoms with van der Waals surface area (Å²) in [5, 5.41) is 8.91. The minimum atomic E-state index is -3.83. The van der Waals surface area contributed by atoms with Crippen LogP contribution in [0.3, 0.4) is 0 Å². The lowest BCUT2D eigenvalue weighted by Crippen LogP contribution is -2.50. The van der Waals surface area contributed by atoms with Gasteiger partial charge in [-0.3, -0.25) is 14.8 Å². The second-order valence-electron chi connectivity index (χ2n) is 7.95. The largest absolute Gasteiger partial charge is 0.334 e. The van der Waals surface area contributed by atoms with Crippen molar-refractivity contribution >= 4 is 21.7 Å². The molecule has 9 heteroatoms. The molecular weight excluding hydrogens is 406 g/mol. The number of rotatable bonds is 5. The van der Waals surface area contributed by atoms with E-state index in [1.165, 1.54) is 17.3 Å². The zero-order valence-electron chi connectivity index (χ0n) is 16.8. The van der Waals surface area contributed by atoms with Gasteiger partial charge >= 0.3 is 0 Å². The first kappa shape index (κ1) is 21.8. The molecule has 1 aliphatic heterocycles. The highest BCUT2D eigenvalue weighted by Gasteiger charge is 2.44. The van der Waals surface area contributed by atoms with Crippen molar-refractivity contribution in [1.29, 1.82) is 0 Å². The molecule has 1 aromatic rings. The number of nitrogens with one attached hydrogen (secondary N) is 1. The Hall–Kier alpha value is -2.85. The summed E-state index contributed by atoms with van der Waals surface area (Å²) in [6.45, 7) is 1.54. The van der Waals surface area contributed by atoms with Crippen molar-refractivity contribution in [2.24, 2.45) is 5.73 Å². The molecule has 0 bridgehead atoms. The Morgan fingerprint density at radius 3 is 2.67 bits per heavy atom. The van der Waals surface area contributed by atoms with Crippen molar-refractivity contribution in [3.8, 4) is 23.7 Å². The molecule has 1 saturated carbocycles. The SMILES string of the molecule is CC(CCN1Cc2cc(C#CC#CC3(N)CC3)ccc2C1=O)(C(=O)NO)S(C)(=O)=O. The van der Waals surface area contributed by atoms with E-state index in [4.69, 9.17) is 10.9 Å². The second-order valence-corrected chi connectivity index (χ2v) is 10.4. The standard InChI is InChI=1S/C21H23N3O5S/c1-20(19(26)23-27,30(2,28)29)11-12-24-14-16-13-15(6-7-17(16)18(24)25)5-3-4-8-21(22)9-10-21/h6-7,13,27H,9-12,14,22H2,1-2H3,(H,23,26). The normalized spacial score (nSPS) is 18.3. The highest BCUT2D eigenvalue weighted by atomic mass is 32.2. The molecule has 8 nitrogen and oxygen atoms in total. The number of hydrogen-bond acceptors (Lipinski definition) is 6. The fourth-order valence-corrected chi connectivity index (χ4v) is 3.94. The van der Waals surface area contributed by atoms with Gasteiger partial charge in [0.15, 0.2) is 14.6 Å². The molecule has 2 amide bonds. The van der Waals surface area contributed by atoms with Gasteiger partial charge in [0.25, 0.3) is 11.8 Å². The fourth-order valence-electron chi connectivity index (χ4n) is 3.09. The lowest BCUT2D eigenvalue weighted by atomic mass is 10.1. The first-order chi connectivity index (χ1) is 14.0. The number of fused-ring (bicyclic) bond motifs is 1. The second kappa shape index (κ2) is 7.77. The van der Waals surface area contributed by atoms with Crippen molar-refractivity contribution in [1.82, 2.24) is 10.4 Å². The number of hydroxylamine groups is 1. The minimum absolute atomic E-state index is 0.0373. The smallest absolute Gasteiger partial charge is 0.264 e. The van der Waals surface area contributed by atoms with Gasteiger partial charge in [0.05, 0.1) is 5.54 Å². The molecule has 1 aromatic carbocycles. The van der Waals surface area contributed by atoms with E-state index in [9.17, 15) is 18.0 Å². The predicted octanol–water partition coefficient (Wildman–Crippen LogP) is 0.187. The van der Waals surface area contributed by atoms with Crippen molar-refractivity contribution < 1.29 is 23.2 Å². The third kappa shape index (κ3) is 4.34. The summed E-state index contributed by atoms with van der Waals surface area (Å²) in [5.41, 5.74) is 8.90. The van der Waals surface area contributed by atoms with E-state index in [0.29, 0.717) is 11.1 Å². The lowest BCUT2D eigenvalue weighted by Gasteiger charge is -2.27. The van der Waals surface area contributed by atoms with Crippen LogP contribution in [0.1, 0.15) is 47.7 Å². The molecule has 1 atom stereocenters. The molecule has 2 aliphatic rings. The summed E-state index contributed by atoms with van der Waals surface area (Å²) in [6.07, 6.45) is 2.54. The summed E-state index contributed by atoms with van der Waals surface area (Å²) in [6, 6.07) is 5.20. The van der Waals surface area contributed by atoms with E-state index < -0.39 is 20.5 Å². The number of carbonyl (C=O) groups is 2. The van der Waals surface area contributed by atoms with Crippen LogP contribution in [0.2, 0.25) is 0 Å². The van der Waals surface area contributed by atoms with Crippen LogP contribution < -0.4 is 11.2 Å². The fraction of sp³-hybridized carbons (Fsp3) is 0.429. The molecule has 3 rings (SSSR count). The third-order valence-electron chi connectivity index (χ3n) is 5.61. The molecular formula is C21H23N3O5S. The van der Waals surface area contributed by atoms with Crippen LogP contribution >= 0.6 is 0 Å². The summed E-state index contributed by atoms with van der Waals surface area (Å²) >= 11 is 0. The van der Waals surface area contributed by atoms with Crippen molar-refractivity contribution in [2.75, 3.05) is 12.8 Å². The maximum atomic E-state index is 12.6. The molecule has 1 fully saturated rings. The van der Waals surface area contributed by atoms with Crippen LogP contribution in [0.4, 0.5) is 0 Å². The van der Waals surface area contributed by atoms with E-state index in [0.717, 1.165) is 24.7 Å². The van der Waals surface area contributed by atoms with Crippen LogP contribution in [0, 0.1) is 23.7 Å². The van der Waals surface area contributed by atoms with Crippen LogP contribution in [0.25, 0.3) is 0 Å². The molecule has 0 spiro atoms. The minimum Gasteiger partial charge on any atom is -0.334 e. The van der Waals surface area contributed by atoms with Gasteiger partial charge in [0, 0.05) is 30.5 Å². The monoisotopic (exact) mass is 429 g/mol. The Balaban J connectivity index is 1.72. The number of benzene rings is 1. The molecule has 0 radical (unpaired) electrons. The first-order valence-corrected chi connectivity index (χ1v) is 11.3. The van der Waals surface area contributed by atoms with Gasteiger partial charge in [0.2, 0.25) is 0 Å². The van der Waals surface area contributed by atoms with Gasteiger partial charge in [-0.25, -0.2) is 13.9 Å². The Morgan fingerprint density at radius 1 is 1.37 bits per heavy atom. The van der Waals surface area contributed by atoms with E-state index >= 15 is 0 Å². The Morgan fingerprint density at radius 2 is 2.07 bits per heavy atom. The Bertz CT molecular complexity index is 1130. The summed E-state index contributed by atoms with van der Waals surface area (Å²) in [5.74, 6) is 10.1. The first-order valence-electron chi connectivity index (χ1n) is 9.37. The van der Waals surface area contributed by atoms with E-state index in [2.05, 4.69) is 23.7 Å². The molecule has 1 aliphatic carbocycles. The van der Waals surface area contributed by atoms with Crippen LogP contribution in [0.5, 0.6) is 0 Å². The average molecular weight is 429 g/mol. The molecule has 1 heterocycles. The van der Waals surface area contributed by atoms with Crippen molar-refractivity contribution in [3.63, 3.8) is 0 Å². The van der Waals surface area contributed by atoms with E-state index in [1.54, 1.807) is 18.2 Å². The highest BCUT2D eigenvalue weighted by molar-refractivity contribution is 7.92. The zero-order valence-corrected chi connectivity index (χ0v) is 17.6. The van der Waals surface area contributed by atoms with Gasteiger partial charge in [0.1, 0.15) is 0 Å². The number of hydrogen-bond donors (Lipinski definition) is 3. The number of nitrogens with zero attached hydrogens (tertiary/aromatic N) is 1. The quantitative estimate of drug-likeness (QED) is 0.348. The predicted molar refractivity (Wildman–Crippen MR) is 110 cm³/mol. The summed E-state index contributed by atoms with van der Waals surface area (Å²) in [4.78, 5) is 26.1. The molecule has 0 saturated heterocycles. The molecule has 4 N–H and O–H groups in total. The number of carbonyl (C=O) groups excluding carboxylic acids is 2. The van der Waals surface area contributed by atoms with Crippen LogP contribution in [0.15, 0.2) is 18.2 Å². The van der Waals surface area contributed by atoms with Crippen molar-refractivity contribution in [2.45, 2.75) is 43.0 Å². The van der Waals surface area contributed by atoms with Gasteiger partial charge in [-0.15, -0.1) is 0 Å². The third-order valence-corrected chi connectivity index (χ3v) is 7.64. The zero-order chi connectivity index (χ0) is 22.2. The van der Waals surface area contributed by atoms with Gasteiger partial charge in [-0.05, 0) is 61.8 Å². The van der Waals surface area contributed by atoms with Gasteiger partial charge < -0.3 is 10.6 Å². The molecule has 30 heavy (non-hydrogen) atoms. The number of nitrogens with two attached hydrogens (primary N) is 1. The topological polar surface area (TPSA) is 130 Å². The van der Waals surface area contributed by atoms with E-state index in [-0.39, 0.29) is 31.0 Å². The van der Waals surface area contributed by atoms with Crippen LogP contribution in [-0.2, 0) is 21.2 Å². The molecule has 158 valence electrons. The van der Waals surface area contributed by atoms with Gasteiger partial charge in [-0.2, -0.15) is 0 Å². The summed E-state index contributed by atoms with van der Waals surface area (Å²) < 4.78 is 22.3. The maximum absolute atomic E-state index is 12.6. The maximum Gasteiger partial charge on any atom is 0.264 e. The van der Waals surface area contributed by atoms with Crippen LogP contribution in [-0.4, -0.2) is 53.4 Å². The average Bonchev–Trinajstić information content (AvgIpc) is 3.35. The number of sulfone groups is 1.